The quantitative estimate of drug-likeness (QED) is 0.754. The molecule has 0 spiro atoms. The van der Waals surface area contributed by atoms with Gasteiger partial charge in [0.05, 0.1) is 30.5 Å². The number of benzene rings is 1. The zero-order chi connectivity index (χ0) is 16.7. The fraction of sp³-hybridized carbons (Fsp3) is 0.500. The van der Waals surface area contributed by atoms with Gasteiger partial charge in [0, 0.05) is 0 Å². The van der Waals surface area contributed by atoms with Crippen molar-refractivity contribution in [2.75, 3.05) is 12.4 Å². The maximum Gasteiger partial charge on any atom is 0.337 e. The van der Waals surface area contributed by atoms with Gasteiger partial charge in [-0.15, -0.1) is 0 Å². The van der Waals surface area contributed by atoms with Crippen LogP contribution in [0.5, 0.6) is 5.75 Å². The molecular formula is C16H24N2O4. The maximum atomic E-state index is 12.1. The number of ether oxygens (including phenoxy) is 2. The number of nitrogens with two attached hydrogens (primary N) is 1. The SMILES string of the molecule is CCCC(N)C(=O)Nc1cc(C(=O)OC)ccc1OC(C)C. The van der Waals surface area contributed by atoms with Crippen molar-refractivity contribution in [3.8, 4) is 5.75 Å². The molecule has 0 heterocycles. The van der Waals surface area contributed by atoms with Crippen molar-refractivity contribution in [1.29, 1.82) is 0 Å². The van der Waals surface area contributed by atoms with E-state index in [1.807, 2.05) is 20.8 Å². The minimum Gasteiger partial charge on any atom is -0.489 e. The molecule has 0 aliphatic rings. The number of hydrogen-bond acceptors (Lipinski definition) is 5. The van der Waals surface area contributed by atoms with Gasteiger partial charge in [-0.1, -0.05) is 13.3 Å². The zero-order valence-electron chi connectivity index (χ0n) is 13.5. The highest BCUT2D eigenvalue weighted by molar-refractivity contribution is 5.98. The molecule has 0 aliphatic heterocycles. The molecule has 0 aliphatic carbocycles. The second-order valence-corrected chi connectivity index (χ2v) is 5.25. The molecule has 1 rings (SSSR count). The molecule has 1 amide bonds. The molecule has 1 aromatic rings. The van der Waals surface area contributed by atoms with Gasteiger partial charge in [0.1, 0.15) is 5.75 Å². The Morgan fingerprint density at radius 1 is 1.32 bits per heavy atom. The Morgan fingerprint density at radius 3 is 2.55 bits per heavy atom. The lowest BCUT2D eigenvalue weighted by Crippen LogP contribution is -2.35. The highest BCUT2D eigenvalue weighted by atomic mass is 16.5. The first-order valence-corrected chi connectivity index (χ1v) is 7.34. The summed E-state index contributed by atoms with van der Waals surface area (Å²) in [5.74, 6) is -0.304. The average Bonchev–Trinajstić information content (AvgIpc) is 2.47. The molecule has 122 valence electrons. The predicted octanol–water partition coefficient (Wildman–Crippen LogP) is 2.33. The highest BCUT2D eigenvalue weighted by Gasteiger charge is 2.17. The van der Waals surface area contributed by atoms with Crippen LogP contribution in [0.1, 0.15) is 44.0 Å². The van der Waals surface area contributed by atoms with Gasteiger partial charge in [-0.3, -0.25) is 4.79 Å². The monoisotopic (exact) mass is 308 g/mol. The minimum absolute atomic E-state index is 0.0658. The summed E-state index contributed by atoms with van der Waals surface area (Å²) in [6.07, 6.45) is 1.33. The van der Waals surface area contributed by atoms with Crippen LogP contribution in [0.3, 0.4) is 0 Å². The van der Waals surface area contributed by atoms with Crippen LogP contribution in [0.15, 0.2) is 18.2 Å². The summed E-state index contributed by atoms with van der Waals surface area (Å²) in [6, 6.07) is 4.15. The molecule has 1 atom stereocenters. The maximum absolute atomic E-state index is 12.1. The molecule has 0 radical (unpaired) electrons. The van der Waals surface area contributed by atoms with Crippen LogP contribution in [0.2, 0.25) is 0 Å². The summed E-state index contributed by atoms with van der Waals surface area (Å²) < 4.78 is 10.3. The van der Waals surface area contributed by atoms with Gasteiger partial charge in [0.15, 0.2) is 0 Å². The first kappa shape index (κ1) is 18.0. The number of amides is 1. The molecule has 0 saturated heterocycles. The molecule has 0 saturated carbocycles. The number of nitrogens with one attached hydrogen (secondary N) is 1. The summed E-state index contributed by atoms with van der Waals surface area (Å²) >= 11 is 0. The lowest BCUT2D eigenvalue weighted by molar-refractivity contribution is -0.117. The topological polar surface area (TPSA) is 90.7 Å². The van der Waals surface area contributed by atoms with Crippen LogP contribution in [0, 0.1) is 0 Å². The zero-order valence-corrected chi connectivity index (χ0v) is 13.5. The molecule has 0 fully saturated rings. The summed E-state index contributed by atoms with van der Waals surface area (Å²) in [5, 5.41) is 2.72. The van der Waals surface area contributed by atoms with Crippen LogP contribution in [-0.2, 0) is 9.53 Å². The Kier molecular flexibility index (Phi) is 6.85. The Bertz CT molecular complexity index is 529. The van der Waals surface area contributed by atoms with Gasteiger partial charge >= 0.3 is 5.97 Å². The molecule has 1 aromatic carbocycles. The number of esters is 1. The number of anilines is 1. The van der Waals surface area contributed by atoms with Crippen LogP contribution in [0.4, 0.5) is 5.69 Å². The largest absolute Gasteiger partial charge is 0.489 e. The Labute approximate surface area is 131 Å². The molecule has 0 bridgehead atoms. The normalized spacial score (nSPS) is 11.9. The van der Waals surface area contributed by atoms with Crippen molar-refractivity contribution < 1.29 is 19.1 Å². The fourth-order valence-corrected chi connectivity index (χ4v) is 1.90. The van der Waals surface area contributed by atoms with Crippen molar-refractivity contribution >= 4 is 17.6 Å². The summed E-state index contributed by atoms with van der Waals surface area (Å²) in [5.41, 5.74) is 6.55. The first-order chi connectivity index (χ1) is 10.4. The average molecular weight is 308 g/mol. The van der Waals surface area contributed by atoms with Crippen LogP contribution in [0.25, 0.3) is 0 Å². The highest BCUT2D eigenvalue weighted by Crippen LogP contribution is 2.27. The van der Waals surface area contributed by atoms with E-state index in [-0.39, 0.29) is 12.0 Å². The molecule has 0 aromatic heterocycles. The third kappa shape index (κ3) is 5.04. The summed E-state index contributed by atoms with van der Waals surface area (Å²) in [4.78, 5) is 23.7. The summed E-state index contributed by atoms with van der Waals surface area (Å²) in [7, 11) is 1.30. The lowest BCUT2D eigenvalue weighted by Gasteiger charge is -2.17. The second-order valence-electron chi connectivity index (χ2n) is 5.25. The van der Waals surface area contributed by atoms with Gasteiger partial charge in [-0.2, -0.15) is 0 Å². The van der Waals surface area contributed by atoms with E-state index in [1.54, 1.807) is 12.1 Å². The van der Waals surface area contributed by atoms with Crippen molar-refractivity contribution in [1.82, 2.24) is 0 Å². The summed E-state index contributed by atoms with van der Waals surface area (Å²) in [6.45, 7) is 5.71. The minimum atomic E-state index is -0.598. The van der Waals surface area contributed by atoms with Gasteiger partial charge in [0.2, 0.25) is 5.91 Å². The van der Waals surface area contributed by atoms with Crippen LogP contribution >= 0.6 is 0 Å². The lowest BCUT2D eigenvalue weighted by atomic mass is 10.1. The van der Waals surface area contributed by atoms with E-state index in [0.717, 1.165) is 6.42 Å². The van der Waals surface area contributed by atoms with E-state index >= 15 is 0 Å². The van der Waals surface area contributed by atoms with Crippen molar-refractivity contribution in [3.63, 3.8) is 0 Å². The standard InChI is InChI=1S/C16H24N2O4/c1-5-6-12(17)15(19)18-13-9-11(16(20)21-4)7-8-14(13)22-10(2)3/h7-10,12H,5-6,17H2,1-4H3,(H,18,19). The molecule has 6 nitrogen and oxygen atoms in total. The Balaban J connectivity index is 3.05. The van der Waals surface area contributed by atoms with E-state index in [9.17, 15) is 9.59 Å². The van der Waals surface area contributed by atoms with E-state index in [2.05, 4.69) is 10.1 Å². The molecule has 3 N–H and O–H groups in total. The van der Waals surface area contributed by atoms with E-state index < -0.39 is 12.0 Å². The van der Waals surface area contributed by atoms with Crippen molar-refractivity contribution in [2.45, 2.75) is 45.8 Å². The second kappa shape index (κ2) is 8.38. The predicted molar refractivity (Wildman–Crippen MR) is 85.1 cm³/mol. The number of carbonyl (C=O) groups is 2. The Morgan fingerprint density at radius 2 is 2.00 bits per heavy atom. The molecule has 6 heteroatoms. The fourth-order valence-electron chi connectivity index (χ4n) is 1.90. The number of methoxy groups -OCH3 is 1. The van der Waals surface area contributed by atoms with E-state index in [0.29, 0.717) is 23.4 Å². The van der Waals surface area contributed by atoms with E-state index in [4.69, 9.17) is 10.5 Å². The number of hydrogen-bond donors (Lipinski definition) is 2. The van der Waals surface area contributed by atoms with Crippen molar-refractivity contribution in [2.24, 2.45) is 5.73 Å². The van der Waals surface area contributed by atoms with Crippen LogP contribution in [-0.4, -0.2) is 31.1 Å². The Hall–Kier alpha value is -2.08. The van der Waals surface area contributed by atoms with Gasteiger partial charge < -0.3 is 20.5 Å². The van der Waals surface area contributed by atoms with Gasteiger partial charge in [-0.05, 0) is 38.5 Å². The molecule has 1 unspecified atom stereocenters. The third-order valence-corrected chi connectivity index (χ3v) is 2.96. The number of rotatable bonds is 7. The first-order valence-electron chi connectivity index (χ1n) is 7.34. The number of carbonyl (C=O) groups excluding carboxylic acids is 2. The van der Waals surface area contributed by atoms with Crippen molar-refractivity contribution in [3.05, 3.63) is 23.8 Å². The van der Waals surface area contributed by atoms with E-state index in [1.165, 1.54) is 13.2 Å². The smallest absolute Gasteiger partial charge is 0.337 e. The van der Waals surface area contributed by atoms with Gasteiger partial charge in [-0.25, -0.2) is 4.79 Å². The van der Waals surface area contributed by atoms with Crippen LogP contribution < -0.4 is 15.8 Å². The van der Waals surface area contributed by atoms with Gasteiger partial charge in [0.25, 0.3) is 0 Å². The molecule has 22 heavy (non-hydrogen) atoms. The third-order valence-electron chi connectivity index (χ3n) is 2.96. The molecular weight excluding hydrogens is 284 g/mol.